The average Bonchev–Trinajstić information content (AvgIpc) is 2.91. The van der Waals surface area contributed by atoms with Gasteiger partial charge in [0.15, 0.2) is 5.75 Å². The molecule has 0 unspecified atom stereocenters. The predicted octanol–water partition coefficient (Wildman–Crippen LogP) is 4.09. The smallest absolute Gasteiger partial charge is 0.306 e. The Morgan fingerprint density at radius 1 is 1.24 bits per heavy atom. The number of carbonyl (C=O) groups is 1. The highest BCUT2D eigenvalue weighted by atomic mass is 35.5. The van der Waals surface area contributed by atoms with E-state index in [1.165, 1.54) is 35.9 Å². The second-order valence-electron chi connectivity index (χ2n) is 6.08. The number of ether oxygens (including phenoxy) is 1. The van der Waals surface area contributed by atoms with Crippen molar-refractivity contribution in [3.8, 4) is 11.5 Å². The van der Waals surface area contributed by atoms with Gasteiger partial charge in [-0.3, -0.25) is 9.69 Å². The Morgan fingerprint density at radius 3 is 2.55 bits per heavy atom. The van der Waals surface area contributed by atoms with Gasteiger partial charge < -0.3 is 8.92 Å². The number of amides is 1. The summed E-state index contributed by atoms with van der Waals surface area (Å²) in [6.45, 7) is 0.383. The zero-order chi connectivity index (χ0) is 21.2. The summed E-state index contributed by atoms with van der Waals surface area (Å²) in [5.74, 6) is -0.185. The zero-order valence-corrected chi connectivity index (χ0v) is 18.6. The molecule has 0 N–H and O–H groups in total. The molecule has 152 valence electrons. The van der Waals surface area contributed by atoms with Crippen molar-refractivity contribution in [1.29, 1.82) is 0 Å². The topological polar surface area (TPSA) is 72.9 Å². The third kappa shape index (κ3) is 5.30. The van der Waals surface area contributed by atoms with Gasteiger partial charge in [0.05, 0.1) is 29.8 Å². The summed E-state index contributed by atoms with van der Waals surface area (Å²) >= 11 is 12.7. The van der Waals surface area contributed by atoms with Crippen LogP contribution in [0.1, 0.15) is 11.1 Å². The Balaban J connectivity index is 1.89. The van der Waals surface area contributed by atoms with E-state index in [2.05, 4.69) is 0 Å². The highest BCUT2D eigenvalue weighted by molar-refractivity contribution is 8.26. The fourth-order valence-corrected chi connectivity index (χ4v) is 4.64. The first-order valence-electron chi connectivity index (χ1n) is 8.24. The Hall–Kier alpha value is -2.07. The van der Waals surface area contributed by atoms with Crippen LogP contribution < -0.4 is 8.92 Å². The summed E-state index contributed by atoms with van der Waals surface area (Å²) < 4.78 is 33.4. The van der Waals surface area contributed by atoms with Crippen LogP contribution in [-0.2, 0) is 21.5 Å². The van der Waals surface area contributed by atoms with Crippen molar-refractivity contribution in [3.63, 3.8) is 0 Å². The second-order valence-corrected chi connectivity index (χ2v) is 9.73. The zero-order valence-electron chi connectivity index (χ0n) is 15.4. The minimum Gasteiger partial charge on any atom is -0.493 e. The second kappa shape index (κ2) is 8.74. The number of carbonyl (C=O) groups excluding carboxylic acids is 1. The molecule has 10 heteroatoms. The van der Waals surface area contributed by atoms with Gasteiger partial charge in [0, 0.05) is 0 Å². The Bertz CT molecular complexity index is 1100. The van der Waals surface area contributed by atoms with Crippen LogP contribution in [0.3, 0.4) is 0 Å². The van der Waals surface area contributed by atoms with Gasteiger partial charge in [-0.1, -0.05) is 65.9 Å². The largest absolute Gasteiger partial charge is 0.493 e. The van der Waals surface area contributed by atoms with Gasteiger partial charge in [0.25, 0.3) is 5.91 Å². The van der Waals surface area contributed by atoms with Crippen LogP contribution >= 0.6 is 35.6 Å². The van der Waals surface area contributed by atoms with Crippen LogP contribution in [0, 0.1) is 0 Å². The van der Waals surface area contributed by atoms with Crippen LogP contribution in [0.5, 0.6) is 11.5 Å². The summed E-state index contributed by atoms with van der Waals surface area (Å²) in [6.07, 6.45) is 2.54. The molecular formula is C19H16ClNO5S3. The molecule has 1 aliphatic heterocycles. The van der Waals surface area contributed by atoms with E-state index in [1.807, 2.05) is 30.3 Å². The van der Waals surface area contributed by atoms with Gasteiger partial charge in [0.2, 0.25) is 5.75 Å². The van der Waals surface area contributed by atoms with Crippen LogP contribution in [0.2, 0.25) is 5.02 Å². The number of halogens is 1. The monoisotopic (exact) mass is 469 g/mol. The molecule has 1 aliphatic rings. The lowest BCUT2D eigenvalue weighted by atomic mass is 10.1. The molecule has 29 heavy (non-hydrogen) atoms. The number of thioether (sulfide) groups is 1. The van der Waals surface area contributed by atoms with Crippen molar-refractivity contribution >= 4 is 62.0 Å². The minimum atomic E-state index is -3.78. The maximum absolute atomic E-state index is 12.8. The summed E-state index contributed by atoms with van der Waals surface area (Å²) in [7, 11) is -2.42. The molecule has 1 fully saturated rings. The molecule has 0 saturated carbocycles. The first-order valence-corrected chi connectivity index (χ1v) is 11.7. The fourth-order valence-electron chi connectivity index (χ4n) is 2.61. The van der Waals surface area contributed by atoms with Gasteiger partial charge in [-0.25, -0.2) is 0 Å². The van der Waals surface area contributed by atoms with Crippen LogP contribution in [0.25, 0.3) is 6.08 Å². The van der Waals surface area contributed by atoms with Crippen LogP contribution in [0.4, 0.5) is 0 Å². The lowest BCUT2D eigenvalue weighted by molar-refractivity contribution is -0.122. The lowest BCUT2D eigenvalue weighted by Crippen LogP contribution is -2.27. The van der Waals surface area contributed by atoms with E-state index in [4.69, 9.17) is 32.7 Å². The molecule has 6 nitrogen and oxygen atoms in total. The van der Waals surface area contributed by atoms with Crippen molar-refractivity contribution in [3.05, 3.63) is 63.5 Å². The number of hydrogen-bond acceptors (Lipinski definition) is 7. The normalized spacial score (nSPS) is 15.8. The van der Waals surface area contributed by atoms with Gasteiger partial charge in [-0.05, 0) is 29.3 Å². The van der Waals surface area contributed by atoms with Gasteiger partial charge in [-0.15, -0.1) is 0 Å². The molecule has 0 aliphatic carbocycles. The maximum Gasteiger partial charge on any atom is 0.306 e. The lowest BCUT2D eigenvalue weighted by Gasteiger charge is -2.14. The number of rotatable bonds is 6. The number of hydrogen-bond donors (Lipinski definition) is 0. The summed E-state index contributed by atoms with van der Waals surface area (Å²) in [5.41, 5.74) is 1.52. The van der Waals surface area contributed by atoms with Crippen molar-refractivity contribution in [1.82, 2.24) is 4.90 Å². The van der Waals surface area contributed by atoms with E-state index >= 15 is 0 Å². The quantitative estimate of drug-likeness (QED) is 0.358. The Morgan fingerprint density at radius 2 is 1.93 bits per heavy atom. The third-order valence-corrected chi connectivity index (χ3v) is 5.97. The summed E-state index contributed by atoms with van der Waals surface area (Å²) in [4.78, 5) is 14.8. The van der Waals surface area contributed by atoms with Crippen LogP contribution in [-0.4, -0.2) is 36.9 Å². The van der Waals surface area contributed by atoms with E-state index in [0.717, 1.165) is 11.8 Å². The molecule has 0 aromatic heterocycles. The van der Waals surface area contributed by atoms with Crippen molar-refractivity contribution in [2.45, 2.75) is 6.54 Å². The molecule has 0 radical (unpaired) electrons. The van der Waals surface area contributed by atoms with Crippen molar-refractivity contribution in [2.24, 2.45) is 0 Å². The van der Waals surface area contributed by atoms with E-state index in [0.29, 0.717) is 21.3 Å². The number of methoxy groups -OCH3 is 1. The van der Waals surface area contributed by atoms with Gasteiger partial charge in [-0.2, -0.15) is 8.42 Å². The number of benzene rings is 2. The standard InChI is InChI=1S/C19H16ClNO5S3/c1-25-15-9-13(8-14(20)17(15)26-29(2,23)24)10-16-18(22)21(19(27)28-16)11-12-6-4-3-5-7-12/h3-10H,11H2,1-2H3/b16-10-. The molecule has 1 saturated heterocycles. The van der Waals surface area contributed by atoms with E-state index in [-0.39, 0.29) is 22.4 Å². The number of thiocarbonyl (C=S) groups is 1. The Labute approximate surface area is 183 Å². The first-order chi connectivity index (χ1) is 13.7. The summed E-state index contributed by atoms with van der Waals surface area (Å²) in [5, 5.41) is 0.0424. The molecule has 0 spiro atoms. The third-order valence-electron chi connectivity index (χ3n) is 3.84. The first kappa shape index (κ1) is 21.6. The molecule has 2 aromatic rings. The molecule has 0 bridgehead atoms. The molecule has 3 rings (SSSR count). The van der Waals surface area contributed by atoms with Crippen molar-refractivity contribution < 1.29 is 22.1 Å². The van der Waals surface area contributed by atoms with E-state index in [1.54, 1.807) is 6.08 Å². The highest BCUT2D eigenvalue weighted by Gasteiger charge is 2.32. The number of nitrogens with zero attached hydrogens (tertiary/aromatic N) is 1. The molecule has 2 aromatic carbocycles. The fraction of sp³-hybridized carbons (Fsp3) is 0.158. The molecular weight excluding hydrogens is 454 g/mol. The van der Waals surface area contributed by atoms with Crippen molar-refractivity contribution in [2.75, 3.05) is 13.4 Å². The molecule has 1 heterocycles. The Kier molecular flexibility index (Phi) is 6.52. The van der Waals surface area contributed by atoms with Gasteiger partial charge >= 0.3 is 10.1 Å². The summed E-state index contributed by atoms with van der Waals surface area (Å²) in [6, 6.07) is 12.6. The van der Waals surface area contributed by atoms with Gasteiger partial charge in [0.1, 0.15) is 4.32 Å². The van der Waals surface area contributed by atoms with E-state index in [9.17, 15) is 13.2 Å². The van der Waals surface area contributed by atoms with E-state index < -0.39 is 10.1 Å². The maximum atomic E-state index is 12.8. The highest BCUT2D eigenvalue weighted by Crippen LogP contribution is 2.39. The SMILES string of the molecule is COc1cc(/C=C2\SC(=S)N(Cc3ccccc3)C2=O)cc(Cl)c1OS(C)(=O)=O. The predicted molar refractivity (Wildman–Crippen MR) is 119 cm³/mol. The van der Waals surface area contributed by atoms with Crippen LogP contribution in [0.15, 0.2) is 47.4 Å². The average molecular weight is 470 g/mol. The minimum absolute atomic E-state index is 0.0424. The molecule has 0 atom stereocenters. The molecule has 1 amide bonds.